The molecule has 0 heterocycles. The molecule has 0 amide bonds. The number of carbonyl (C=O) groups excluding carboxylic acids is 2. The Kier molecular flexibility index (Phi) is 6.53. The van der Waals surface area contributed by atoms with Crippen LogP contribution in [-0.4, -0.2) is 56.3 Å². The fourth-order valence-electron chi connectivity index (χ4n) is 10.2. The van der Waals surface area contributed by atoms with Gasteiger partial charge in [-0.25, -0.2) is 4.79 Å². The first-order chi connectivity index (χ1) is 18.0. The lowest BCUT2D eigenvalue weighted by atomic mass is 9.39. The highest BCUT2D eigenvalue weighted by atomic mass is 16.4. The third kappa shape index (κ3) is 3.61. The number of carbonyl (C=O) groups is 3. The topological polar surface area (TPSA) is 132 Å². The number of carboxylic acid groups (broad SMARTS) is 1. The minimum Gasteiger partial charge on any atom is -0.478 e. The second kappa shape index (κ2) is 8.95. The van der Waals surface area contributed by atoms with Gasteiger partial charge in [0.05, 0.1) is 18.3 Å². The molecule has 39 heavy (non-hydrogen) atoms. The summed E-state index contributed by atoms with van der Waals surface area (Å²) < 4.78 is 0. The fraction of sp³-hybridized carbons (Fsp3) is 0.719. The maximum Gasteiger partial charge on any atom is 0.331 e. The Morgan fingerprint density at radius 2 is 1.82 bits per heavy atom. The molecule has 2 fully saturated rings. The zero-order valence-corrected chi connectivity index (χ0v) is 24.0. The molecule has 0 aromatic carbocycles. The molecule has 0 aliphatic heterocycles. The number of aliphatic hydroxyl groups is 3. The van der Waals surface area contributed by atoms with Crippen molar-refractivity contribution in [2.45, 2.75) is 98.4 Å². The number of fused-ring (bicyclic) bond motifs is 3. The lowest BCUT2D eigenvalue weighted by Gasteiger charge is -2.64. The molecule has 5 aliphatic rings. The van der Waals surface area contributed by atoms with E-state index in [9.17, 15) is 34.8 Å². The molecule has 0 aromatic heterocycles. The molecular weight excluding hydrogens is 496 g/mol. The lowest BCUT2D eigenvalue weighted by Crippen LogP contribution is -2.64. The first-order valence-electron chi connectivity index (χ1n) is 14.5. The summed E-state index contributed by atoms with van der Waals surface area (Å²) in [4.78, 5) is 38.7. The Bertz CT molecular complexity index is 1210. The number of hydrogen-bond acceptors (Lipinski definition) is 6. The molecule has 0 saturated heterocycles. The number of hydrogen-bond donors (Lipinski definition) is 4. The van der Waals surface area contributed by atoms with Crippen LogP contribution >= 0.6 is 0 Å². The van der Waals surface area contributed by atoms with Crippen LogP contribution in [0.3, 0.4) is 0 Å². The smallest absolute Gasteiger partial charge is 0.331 e. The summed E-state index contributed by atoms with van der Waals surface area (Å²) in [7, 11) is 0. The fourth-order valence-corrected chi connectivity index (χ4v) is 10.2. The van der Waals surface area contributed by atoms with Crippen molar-refractivity contribution in [3.05, 3.63) is 34.9 Å². The molecule has 11 unspecified atom stereocenters. The zero-order chi connectivity index (χ0) is 28.9. The van der Waals surface area contributed by atoms with Gasteiger partial charge in [-0.1, -0.05) is 46.8 Å². The van der Waals surface area contributed by atoms with Gasteiger partial charge in [-0.2, -0.15) is 0 Å². The van der Waals surface area contributed by atoms with Crippen molar-refractivity contribution in [2.75, 3.05) is 0 Å². The number of aliphatic carboxylic acids is 1. The van der Waals surface area contributed by atoms with Gasteiger partial charge in [-0.05, 0) is 67.4 Å². The Hall–Kier alpha value is -2.09. The van der Waals surface area contributed by atoms with Crippen LogP contribution in [-0.2, 0) is 14.4 Å². The van der Waals surface area contributed by atoms with E-state index in [2.05, 4.69) is 6.92 Å². The second-order valence-corrected chi connectivity index (χ2v) is 14.2. The minimum absolute atomic E-state index is 0.00435. The molecule has 0 spiro atoms. The number of carboxylic acids is 1. The first kappa shape index (κ1) is 28.4. The number of ketones is 2. The third-order valence-electron chi connectivity index (χ3n) is 12.3. The predicted molar refractivity (Wildman–Crippen MR) is 145 cm³/mol. The summed E-state index contributed by atoms with van der Waals surface area (Å²) in [5.41, 5.74) is -1.32. The van der Waals surface area contributed by atoms with Gasteiger partial charge in [0, 0.05) is 46.2 Å². The van der Waals surface area contributed by atoms with Gasteiger partial charge in [-0.3, -0.25) is 9.59 Å². The minimum atomic E-state index is -1.08. The van der Waals surface area contributed by atoms with Crippen LogP contribution in [0.4, 0.5) is 0 Å². The van der Waals surface area contributed by atoms with E-state index < -0.39 is 45.9 Å². The summed E-state index contributed by atoms with van der Waals surface area (Å²) in [6.07, 6.45) is 5.23. The zero-order valence-electron chi connectivity index (χ0n) is 24.0. The van der Waals surface area contributed by atoms with Gasteiger partial charge in [0.25, 0.3) is 0 Å². The molecule has 214 valence electrons. The second-order valence-electron chi connectivity index (χ2n) is 14.2. The van der Waals surface area contributed by atoms with Gasteiger partial charge < -0.3 is 20.4 Å². The lowest BCUT2D eigenvalue weighted by molar-refractivity contribution is -0.153. The van der Waals surface area contributed by atoms with Crippen molar-refractivity contribution in [1.82, 2.24) is 0 Å². The molecule has 4 N–H and O–H groups in total. The van der Waals surface area contributed by atoms with Crippen LogP contribution < -0.4 is 0 Å². The van der Waals surface area contributed by atoms with Gasteiger partial charge in [0.1, 0.15) is 5.78 Å². The van der Waals surface area contributed by atoms with E-state index in [0.29, 0.717) is 43.3 Å². The average Bonchev–Trinajstić information content (AvgIpc) is 3.05. The van der Waals surface area contributed by atoms with Gasteiger partial charge in [0.2, 0.25) is 0 Å². The van der Waals surface area contributed by atoms with Crippen molar-refractivity contribution < 1.29 is 34.8 Å². The molecule has 0 radical (unpaired) electrons. The highest BCUT2D eigenvalue weighted by molar-refractivity contribution is 6.01. The Morgan fingerprint density at radius 3 is 2.46 bits per heavy atom. The van der Waals surface area contributed by atoms with E-state index in [1.165, 1.54) is 13.0 Å². The summed E-state index contributed by atoms with van der Waals surface area (Å²) in [5.74, 6) is -1.58. The van der Waals surface area contributed by atoms with Gasteiger partial charge in [0.15, 0.2) is 5.78 Å². The molecule has 0 bridgehead atoms. The van der Waals surface area contributed by atoms with Crippen molar-refractivity contribution >= 4 is 17.5 Å². The third-order valence-corrected chi connectivity index (χ3v) is 12.3. The SMILES string of the molecule is CC(=CC(O)CC(C)C1CC(O)C2(C)C3=C(C(=O)CC12C)C1(C)CCC(=O)C2(C)CC=CC(C3O)C21)C(=O)O. The van der Waals surface area contributed by atoms with Crippen LogP contribution in [0.15, 0.2) is 34.9 Å². The summed E-state index contributed by atoms with van der Waals surface area (Å²) in [6, 6.07) is 0. The van der Waals surface area contributed by atoms with Crippen LogP contribution in [0.5, 0.6) is 0 Å². The van der Waals surface area contributed by atoms with E-state index in [4.69, 9.17) is 0 Å². The van der Waals surface area contributed by atoms with Crippen molar-refractivity contribution in [1.29, 1.82) is 0 Å². The van der Waals surface area contributed by atoms with Crippen molar-refractivity contribution in [3.63, 3.8) is 0 Å². The van der Waals surface area contributed by atoms with Crippen LogP contribution in [0.1, 0.15) is 80.1 Å². The maximum atomic E-state index is 14.3. The molecule has 7 nitrogen and oxygen atoms in total. The number of allylic oxidation sites excluding steroid dienone is 2. The van der Waals surface area contributed by atoms with E-state index in [1.807, 2.05) is 39.8 Å². The predicted octanol–water partition coefficient (Wildman–Crippen LogP) is 4.01. The van der Waals surface area contributed by atoms with Crippen LogP contribution in [0, 0.1) is 45.3 Å². The highest BCUT2D eigenvalue weighted by Gasteiger charge is 2.72. The first-order valence-corrected chi connectivity index (χ1v) is 14.5. The van der Waals surface area contributed by atoms with Crippen LogP contribution in [0.2, 0.25) is 0 Å². The van der Waals surface area contributed by atoms with E-state index in [-0.39, 0.29) is 47.2 Å². The van der Waals surface area contributed by atoms with E-state index >= 15 is 0 Å². The highest BCUT2D eigenvalue weighted by Crippen LogP contribution is 2.73. The van der Waals surface area contributed by atoms with E-state index in [0.717, 1.165) is 0 Å². The van der Waals surface area contributed by atoms with Crippen molar-refractivity contribution in [3.8, 4) is 0 Å². The molecular formula is C32H44O7. The van der Waals surface area contributed by atoms with Crippen molar-refractivity contribution in [2.24, 2.45) is 45.3 Å². The summed E-state index contributed by atoms with van der Waals surface area (Å²) >= 11 is 0. The molecule has 11 atom stereocenters. The molecule has 5 aliphatic carbocycles. The van der Waals surface area contributed by atoms with Crippen LogP contribution in [0.25, 0.3) is 0 Å². The summed E-state index contributed by atoms with van der Waals surface area (Å²) in [6.45, 7) is 11.6. The van der Waals surface area contributed by atoms with Gasteiger partial charge >= 0.3 is 5.97 Å². The van der Waals surface area contributed by atoms with Gasteiger partial charge in [-0.15, -0.1) is 0 Å². The maximum absolute atomic E-state index is 14.3. The molecule has 5 rings (SSSR count). The number of rotatable bonds is 5. The number of Topliss-reactive ketones (excluding diaryl/α,β-unsaturated/α-hetero) is 2. The monoisotopic (exact) mass is 540 g/mol. The largest absolute Gasteiger partial charge is 0.478 e. The standard InChI is InChI=1S/C32H44O7/c1-16(12-18(33)13-17(2)28(38)39)20-14-23(36)32(6)25-24(21(34)15-31(20,32)5)30(4)11-9-22(35)29(3)10-7-8-19(26(25)37)27(29)30/h7-8,13,16,18-20,23,26-27,33,36-37H,9-12,14-15H2,1-6H3,(H,38,39). The Labute approximate surface area is 231 Å². The van der Waals surface area contributed by atoms with E-state index in [1.54, 1.807) is 0 Å². The quantitative estimate of drug-likeness (QED) is 0.306. The molecule has 0 aromatic rings. The normalized spacial score (nSPS) is 46.9. The molecule has 7 heteroatoms. The molecule has 2 saturated carbocycles. The number of aliphatic hydroxyl groups excluding tert-OH is 3. The summed E-state index contributed by atoms with van der Waals surface area (Å²) in [5, 5.41) is 43.7. The Balaban J connectivity index is 1.60. The average molecular weight is 541 g/mol. The Morgan fingerprint density at radius 1 is 1.15 bits per heavy atom.